The molecule has 2 saturated heterocycles. The van der Waals surface area contributed by atoms with E-state index in [1.165, 1.54) is 12.8 Å². The predicted molar refractivity (Wildman–Crippen MR) is 151 cm³/mol. The number of urea groups is 1. The van der Waals surface area contributed by atoms with E-state index in [0.29, 0.717) is 18.1 Å². The quantitative estimate of drug-likeness (QED) is 0.0713. The first-order valence-corrected chi connectivity index (χ1v) is 15.3. The molecule has 210 valence electrons. The predicted octanol–water partition coefficient (Wildman–Crippen LogP) is 4.64. The van der Waals surface area contributed by atoms with Crippen LogP contribution in [0.2, 0.25) is 0 Å². The lowest BCUT2D eigenvalue weighted by atomic mass is 10.0. The monoisotopic (exact) mass is 536 g/mol. The zero-order valence-electron chi connectivity index (χ0n) is 22.5. The van der Waals surface area contributed by atoms with E-state index >= 15 is 0 Å². The van der Waals surface area contributed by atoms with Gasteiger partial charge in [0.05, 0.1) is 18.2 Å². The van der Waals surface area contributed by atoms with Crippen molar-refractivity contribution in [3.63, 3.8) is 0 Å². The number of aliphatic hydroxyl groups is 1. The summed E-state index contributed by atoms with van der Waals surface area (Å²) >= 11 is 1.88. The Morgan fingerprint density at radius 1 is 0.973 bits per heavy atom. The first-order chi connectivity index (χ1) is 18.0. The molecule has 5 N–H and O–H groups in total. The second-order valence-electron chi connectivity index (χ2n) is 10.1. The number of carbonyl (C=O) groups is 3. The highest BCUT2D eigenvalue weighted by atomic mass is 32.2. The number of unbranched alkanes of at least 4 members (excludes halogenated alkanes) is 8. The van der Waals surface area contributed by atoms with E-state index in [4.69, 9.17) is 0 Å². The van der Waals surface area contributed by atoms with E-state index in [2.05, 4.69) is 34.5 Å². The van der Waals surface area contributed by atoms with Crippen molar-refractivity contribution in [2.45, 2.75) is 127 Å². The van der Waals surface area contributed by atoms with Crippen LogP contribution in [0.1, 0.15) is 103 Å². The Bertz CT molecular complexity index is 746. The van der Waals surface area contributed by atoms with Gasteiger partial charge in [-0.05, 0) is 38.5 Å². The van der Waals surface area contributed by atoms with Crippen molar-refractivity contribution < 1.29 is 19.5 Å². The minimum atomic E-state index is -0.335. The van der Waals surface area contributed by atoms with Crippen molar-refractivity contribution in [3.8, 4) is 0 Å². The van der Waals surface area contributed by atoms with E-state index in [0.717, 1.165) is 76.4 Å². The SMILES string of the molecule is CCCCC[C@H](O)/C=C/C=C/CCCCCCCC(=O)NNC(=O)CCCC[C@@H]1SC[C@@H]2NC(=O)N[C@@H]21. The van der Waals surface area contributed by atoms with E-state index in [1.807, 2.05) is 30.0 Å². The van der Waals surface area contributed by atoms with Crippen molar-refractivity contribution in [2.75, 3.05) is 5.75 Å². The number of hydrogen-bond donors (Lipinski definition) is 5. The van der Waals surface area contributed by atoms with E-state index in [1.54, 1.807) is 0 Å². The van der Waals surface area contributed by atoms with E-state index < -0.39 is 0 Å². The smallest absolute Gasteiger partial charge is 0.315 e. The standard InChI is InChI=1S/C28H48N4O4S/c1-2-3-11-16-22(33)17-12-9-7-5-4-6-8-10-13-19-25(34)31-32-26(35)20-15-14-18-24-27-23(21-37-24)29-28(36)30-27/h7,9,12,17,22-24,27,33H,2-6,8,10-11,13-16,18-21H2,1H3,(H,31,34)(H,32,35)(H2,29,30,36)/b9-7+,17-12+/t22-,23-,24-,27-/m0/s1. The molecule has 0 radical (unpaired) electrons. The Morgan fingerprint density at radius 2 is 1.68 bits per heavy atom. The van der Waals surface area contributed by atoms with Gasteiger partial charge in [0.25, 0.3) is 0 Å². The molecule has 2 rings (SSSR count). The lowest BCUT2D eigenvalue weighted by Crippen LogP contribution is -2.41. The molecule has 2 aliphatic rings. The van der Waals surface area contributed by atoms with Crippen LogP contribution in [0.3, 0.4) is 0 Å². The van der Waals surface area contributed by atoms with Crippen LogP contribution in [0.25, 0.3) is 0 Å². The highest BCUT2D eigenvalue weighted by molar-refractivity contribution is 8.00. The number of allylic oxidation sites excluding steroid dienone is 3. The van der Waals surface area contributed by atoms with Gasteiger partial charge in [0.15, 0.2) is 0 Å². The number of hydrazine groups is 1. The van der Waals surface area contributed by atoms with Crippen LogP contribution < -0.4 is 21.5 Å². The first kappa shape index (κ1) is 31.2. The molecule has 9 heteroatoms. The summed E-state index contributed by atoms with van der Waals surface area (Å²) < 4.78 is 0. The molecule has 0 saturated carbocycles. The van der Waals surface area contributed by atoms with Crippen LogP contribution in [0.4, 0.5) is 4.79 Å². The summed E-state index contributed by atoms with van der Waals surface area (Å²) in [4.78, 5) is 35.3. The molecule has 0 aromatic carbocycles. The van der Waals surface area contributed by atoms with E-state index in [9.17, 15) is 19.5 Å². The van der Waals surface area contributed by atoms with Gasteiger partial charge < -0.3 is 15.7 Å². The molecule has 0 aromatic heterocycles. The number of nitrogens with one attached hydrogen (secondary N) is 4. The van der Waals surface area contributed by atoms with Gasteiger partial charge in [0.2, 0.25) is 11.8 Å². The van der Waals surface area contributed by atoms with Crippen LogP contribution in [-0.2, 0) is 9.59 Å². The molecule has 2 aliphatic heterocycles. The average Bonchev–Trinajstić information content (AvgIpc) is 3.43. The lowest BCUT2D eigenvalue weighted by molar-refractivity contribution is -0.129. The lowest BCUT2D eigenvalue weighted by Gasteiger charge is -2.16. The summed E-state index contributed by atoms with van der Waals surface area (Å²) in [6.45, 7) is 2.16. The highest BCUT2D eigenvalue weighted by Gasteiger charge is 2.42. The molecule has 0 bridgehead atoms. The maximum Gasteiger partial charge on any atom is 0.315 e. The number of carbonyl (C=O) groups excluding carboxylic acids is 3. The summed E-state index contributed by atoms with van der Waals surface area (Å²) in [7, 11) is 0. The van der Waals surface area contributed by atoms with Gasteiger partial charge in [-0.25, -0.2) is 4.79 Å². The Labute approximate surface area is 227 Å². The number of amides is 4. The van der Waals surface area contributed by atoms with Gasteiger partial charge >= 0.3 is 6.03 Å². The second-order valence-corrected chi connectivity index (χ2v) is 11.4. The maximum atomic E-state index is 12.0. The molecule has 2 fully saturated rings. The van der Waals surface area contributed by atoms with Gasteiger partial charge in [-0.15, -0.1) is 0 Å². The van der Waals surface area contributed by atoms with Crippen molar-refractivity contribution in [1.29, 1.82) is 0 Å². The first-order valence-electron chi connectivity index (χ1n) is 14.3. The molecule has 4 atom stereocenters. The summed E-state index contributed by atoms with van der Waals surface area (Å²) in [5, 5.41) is 16.2. The maximum absolute atomic E-state index is 12.0. The normalized spacial score (nSPS) is 21.7. The number of rotatable bonds is 19. The summed E-state index contributed by atoms with van der Waals surface area (Å²) in [6.07, 6.45) is 21.6. The molecule has 0 aliphatic carbocycles. The molecule has 2 heterocycles. The van der Waals surface area contributed by atoms with Crippen molar-refractivity contribution >= 4 is 29.6 Å². The number of aliphatic hydroxyl groups excluding tert-OH is 1. The van der Waals surface area contributed by atoms with Crippen LogP contribution in [0, 0.1) is 0 Å². The molecule has 4 amide bonds. The van der Waals surface area contributed by atoms with Gasteiger partial charge in [0, 0.05) is 23.8 Å². The molecular weight excluding hydrogens is 488 g/mol. The van der Waals surface area contributed by atoms with Crippen LogP contribution in [-0.4, -0.2) is 52.1 Å². The average molecular weight is 537 g/mol. The van der Waals surface area contributed by atoms with Gasteiger partial charge in [-0.2, -0.15) is 11.8 Å². The minimum absolute atomic E-state index is 0.0714. The number of thioether (sulfide) groups is 1. The van der Waals surface area contributed by atoms with Crippen molar-refractivity contribution in [1.82, 2.24) is 21.5 Å². The van der Waals surface area contributed by atoms with Gasteiger partial charge in [0.1, 0.15) is 0 Å². The zero-order chi connectivity index (χ0) is 26.7. The van der Waals surface area contributed by atoms with Crippen molar-refractivity contribution in [2.24, 2.45) is 0 Å². The summed E-state index contributed by atoms with van der Waals surface area (Å²) in [6, 6.07) is 0.366. The highest BCUT2D eigenvalue weighted by Crippen LogP contribution is 2.33. The van der Waals surface area contributed by atoms with Crippen LogP contribution >= 0.6 is 11.8 Å². The molecule has 0 spiro atoms. The topological polar surface area (TPSA) is 120 Å². The van der Waals surface area contributed by atoms with Gasteiger partial charge in [-0.3, -0.25) is 20.4 Å². The van der Waals surface area contributed by atoms with Gasteiger partial charge in [-0.1, -0.05) is 76.2 Å². The number of hydrogen-bond acceptors (Lipinski definition) is 5. The second kappa shape index (κ2) is 19.1. The summed E-state index contributed by atoms with van der Waals surface area (Å²) in [5.74, 6) is 0.648. The zero-order valence-corrected chi connectivity index (χ0v) is 23.3. The van der Waals surface area contributed by atoms with Crippen molar-refractivity contribution in [3.05, 3.63) is 24.3 Å². The molecule has 0 aromatic rings. The van der Waals surface area contributed by atoms with E-state index in [-0.39, 0.29) is 36.0 Å². The Kier molecular flexibility index (Phi) is 16.1. The fraction of sp³-hybridized carbons (Fsp3) is 0.750. The molecular formula is C28H48N4O4S. The molecule has 0 unspecified atom stereocenters. The Balaban J connectivity index is 1.36. The molecule has 37 heavy (non-hydrogen) atoms. The minimum Gasteiger partial charge on any atom is -0.389 e. The van der Waals surface area contributed by atoms with Crippen LogP contribution in [0.15, 0.2) is 24.3 Å². The molecule has 8 nitrogen and oxygen atoms in total. The Hall–Kier alpha value is -2.00. The fourth-order valence-corrected chi connectivity index (χ4v) is 6.23. The Morgan fingerprint density at radius 3 is 2.43 bits per heavy atom. The largest absolute Gasteiger partial charge is 0.389 e. The van der Waals surface area contributed by atoms with Crippen LogP contribution in [0.5, 0.6) is 0 Å². The third-order valence-electron chi connectivity index (χ3n) is 6.88. The third kappa shape index (κ3) is 13.9. The number of fused-ring (bicyclic) bond motifs is 1. The third-order valence-corrected chi connectivity index (χ3v) is 8.39. The fourth-order valence-electron chi connectivity index (χ4n) is 4.68. The summed E-state index contributed by atoms with van der Waals surface area (Å²) in [5.41, 5.74) is 5.04.